The lowest BCUT2D eigenvalue weighted by Gasteiger charge is -2.27. The van der Waals surface area contributed by atoms with Gasteiger partial charge in [0.1, 0.15) is 12.4 Å². The molecule has 2 aromatic rings. The molecule has 2 heterocycles. The third-order valence-electron chi connectivity index (χ3n) is 2.90. The summed E-state index contributed by atoms with van der Waals surface area (Å²) in [6, 6.07) is 8.50. The molecule has 88 valence electrons. The van der Waals surface area contributed by atoms with Crippen molar-refractivity contribution in [2.45, 2.75) is 13.0 Å². The fourth-order valence-electron chi connectivity index (χ4n) is 2.02. The monoisotopic (exact) mass is 309 g/mol. The van der Waals surface area contributed by atoms with E-state index in [0.717, 1.165) is 15.9 Å². The maximum Gasteiger partial charge on any atom is 0.143 e. The molecule has 1 aromatic carbocycles. The Labute approximate surface area is 113 Å². The number of hydrogen-bond donors (Lipinski definition) is 1. The first-order chi connectivity index (χ1) is 8.24. The predicted octanol–water partition coefficient (Wildman–Crippen LogP) is 4.36. The Morgan fingerprint density at radius 1 is 1.41 bits per heavy atom. The fourth-order valence-corrected chi connectivity index (χ4v) is 3.32. The standard InChI is InChI=1S/C13H12BrNOS/c1-8-4-5-17-13(8)11-7-16-12-6-9(14)2-3-10(12)15-11/h2-6,11,15H,7H2,1H3. The zero-order valence-electron chi connectivity index (χ0n) is 9.37. The van der Waals surface area contributed by atoms with Crippen molar-refractivity contribution < 1.29 is 4.74 Å². The summed E-state index contributed by atoms with van der Waals surface area (Å²) in [4.78, 5) is 1.36. The second-order valence-electron chi connectivity index (χ2n) is 4.12. The normalized spacial score (nSPS) is 18.1. The Balaban J connectivity index is 1.91. The lowest BCUT2D eigenvalue weighted by molar-refractivity contribution is 0.287. The third kappa shape index (κ3) is 2.07. The molecule has 0 spiro atoms. The van der Waals surface area contributed by atoms with Crippen LogP contribution in [0.3, 0.4) is 0 Å². The maximum atomic E-state index is 5.81. The van der Waals surface area contributed by atoms with Crippen molar-refractivity contribution in [3.63, 3.8) is 0 Å². The van der Waals surface area contributed by atoms with E-state index in [4.69, 9.17) is 4.74 Å². The van der Waals surface area contributed by atoms with Crippen molar-refractivity contribution in [2.24, 2.45) is 0 Å². The van der Waals surface area contributed by atoms with Gasteiger partial charge in [-0.1, -0.05) is 15.9 Å². The second-order valence-corrected chi connectivity index (χ2v) is 5.98. The first-order valence-electron chi connectivity index (χ1n) is 5.47. The van der Waals surface area contributed by atoms with Crippen molar-refractivity contribution >= 4 is 33.0 Å². The van der Waals surface area contributed by atoms with Gasteiger partial charge in [0.15, 0.2) is 0 Å². The van der Waals surface area contributed by atoms with Crippen molar-refractivity contribution in [3.8, 4) is 5.75 Å². The van der Waals surface area contributed by atoms with Crippen molar-refractivity contribution in [3.05, 3.63) is 44.6 Å². The molecule has 3 rings (SSSR count). The number of rotatable bonds is 1. The molecule has 1 aromatic heterocycles. The minimum Gasteiger partial charge on any atom is -0.489 e. The number of fused-ring (bicyclic) bond motifs is 1. The molecule has 1 aliphatic heterocycles. The Morgan fingerprint density at radius 2 is 2.29 bits per heavy atom. The fraction of sp³-hybridized carbons (Fsp3) is 0.231. The Morgan fingerprint density at radius 3 is 3.06 bits per heavy atom. The van der Waals surface area contributed by atoms with E-state index < -0.39 is 0 Å². The summed E-state index contributed by atoms with van der Waals surface area (Å²) in [5.41, 5.74) is 2.40. The number of anilines is 1. The number of hydrogen-bond acceptors (Lipinski definition) is 3. The first kappa shape index (κ1) is 11.1. The average molecular weight is 310 g/mol. The van der Waals surface area contributed by atoms with Crippen LogP contribution in [0.25, 0.3) is 0 Å². The summed E-state index contributed by atoms with van der Waals surface area (Å²) in [7, 11) is 0. The maximum absolute atomic E-state index is 5.81. The average Bonchev–Trinajstić information content (AvgIpc) is 2.75. The minimum absolute atomic E-state index is 0.267. The number of nitrogens with one attached hydrogen (secondary N) is 1. The SMILES string of the molecule is Cc1ccsc1C1COc2cc(Br)ccc2N1. The molecular formula is C13H12BrNOS. The molecule has 17 heavy (non-hydrogen) atoms. The summed E-state index contributed by atoms with van der Waals surface area (Å²) in [6.45, 7) is 2.83. The largest absolute Gasteiger partial charge is 0.489 e. The van der Waals surface area contributed by atoms with Crippen LogP contribution >= 0.6 is 27.3 Å². The zero-order chi connectivity index (χ0) is 11.8. The van der Waals surface area contributed by atoms with Crippen LogP contribution in [0.4, 0.5) is 5.69 Å². The van der Waals surface area contributed by atoms with E-state index >= 15 is 0 Å². The van der Waals surface area contributed by atoms with E-state index in [9.17, 15) is 0 Å². The van der Waals surface area contributed by atoms with E-state index in [1.54, 1.807) is 11.3 Å². The van der Waals surface area contributed by atoms with Crippen LogP contribution in [0.2, 0.25) is 0 Å². The lowest BCUT2D eigenvalue weighted by atomic mass is 10.1. The summed E-state index contributed by atoms with van der Waals surface area (Å²) in [5.74, 6) is 0.921. The van der Waals surface area contributed by atoms with Crippen LogP contribution in [0.1, 0.15) is 16.5 Å². The lowest BCUT2D eigenvalue weighted by Crippen LogP contribution is -2.23. The van der Waals surface area contributed by atoms with Gasteiger partial charge in [0.05, 0.1) is 11.7 Å². The van der Waals surface area contributed by atoms with Crippen LogP contribution < -0.4 is 10.1 Å². The van der Waals surface area contributed by atoms with Crippen LogP contribution in [-0.2, 0) is 0 Å². The van der Waals surface area contributed by atoms with Gasteiger partial charge in [0.25, 0.3) is 0 Å². The highest BCUT2D eigenvalue weighted by atomic mass is 79.9. The Hall–Kier alpha value is -1.00. The van der Waals surface area contributed by atoms with Crippen LogP contribution in [0.5, 0.6) is 5.75 Å². The molecule has 1 atom stereocenters. The van der Waals surface area contributed by atoms with Gasteiger partial charge in [-0.3, -0.25) is 0 Å². The summed E-state index contributed by atoms with van der Waals surface area (Å²) in [5, 5.41) is 5.66. The molecule has 2 nitrogen and oxygen atoms in total. The van der Waals surface area contributed by atoms with Crippen molar-refractivity contribution in [2.75, 3.05) is 11.9 Å². The molecule has 1 unspecified atom stereocenters. The van der Waals surface area contributed by atoms with E-state index in [2.05, 4.69) is 45.7 Å². The number of benzene rings is 1. The molecule has 0 radical (unpaired) electrons. The zero-order valence-corrected chi connectivity index (χ0v) is 11.8. The number of ether oxygens (including phenoxy) is 1. The van der Waals surface area contributed by atoms with Crippen LogP contribution in [0.15, 0.2) is 34.1 Å². The van der Waals surface area contributed by atoms with Gasteiger partial charge in [-0.15, -0.1) is 11.3 Å². The van der Waals surface area contributed by atoms with Gasteiger partial charge in [0, 0.05) is 9.35 Å². The number of thiophene rings is 1. The molecular weight excluding hydrogens is 298 g/mol. The van der Waals surface area contributed by atoms with Gasteiger partial charge in [-0.25, -0.2) is 0 Å². The van der Waals surface area contributed by atoms with E-state index in [-0.39, 0.29) is 6.04 Å². The summed E-state index contributed by atoms with van der Waals surface area (Å²) in [6.07, 6.45) is 0. The van der Waals surface area contributed by atoms with Gasteiger partial charge in [0.2, 0.25) is 0 Å². The second kappa shape index (κ2) is 4.35. The predicted molar refractivity (Wildman–Crippen MR) is 75.1 cm³/mol. The molecule has 0 saturated heterocycles. The molecule has 0 aliphatic carbocycles. The third-order valence-corrected chi connectivity index (χ3v) is 4.52. The number of halogens is 1. The van der Waals surface area contributed by atoms with Gasteiger partial charge < -0.3 is 10.1 Å². The van der Waals surface area contributed by atoms with Crippen molar-refractivity contribution in [1.82, 2.24) is 0 Å². The topological polar surface area (TPSA) is 21.3 Å². The van der Waals surface area contributed by atoms with E-state index in [0.29, 0.717) is 6.61 Å². The molecule has 0 fully saturated rings. The van der Waals surface area contributed by atoms with Gasteiger partial charge >= 0.3 is 0 Å². The molecule has 1 aliphatic rings. The highest BCUT2D eigenvalue weighted by molar-refractivity contribution is 9.10. The molecule has 0 bridgehead atoms. The number of aryl methyl sites for hydroxylation is 1. The summed E-state index contributed by atoms with van der Waals surface area (Å²) >= 11 is 5.23. The molecule has 0 amide bonds. The quantitative estimate of drug-likeness (QED) is 0.845. The van der Waals surface area contributed by atoms with E-state index in [1.807, 2.05) is 12.1 Å². The smallest absolute Gasteiger partial charge is 0.143 e. The molecule has 4 heteroatoms. The first-order valence-corrected chi connectivity index (χ1v) is 7.14. The van der Waals surface area contributed by atoms with Crippen molar-refractivity contribution in [1.29, 1.82) is 0 Å². The Bertz CT molecular complexity index is 552. The van der Waals surface area contributed by atoms with Crippen LogP contribution in [0, 0.1) is 6.92 Å². The van der Waals surface area contributed by atoms with Gasteiger partial charge in [-0.2, -0.15) is 0 Å². The molecule has 1 N–H and O–H groups in total. The summed E-state index contributed by atoms with van der Waals surface area (Å²) < 4.78 is 6.86. The van der Waals surface area contributed by atoms with Gasteiger partial charge in [-0.05, 0) is 42.1 Å². The van der Waals surface area contributed by atoms with Crippen LogP contribution in [-0.4, -0.2) is 6.61 Å². The van der Waals surface area contributed by atoms with E-state index in [1.165, 1.54) is 10.4 Å². The minimum atomic E-state index is 0.267. The highest BCUT2D eigenvalue weighted by Crippen LogP contribution is 2.37. The highest BCUT2D eigenvalue weighted by Gasteiger charge is 2.22. The Kier molecular flexibility index (Phi) is 2.84. The molecule has 0 saturated carbocycles.